The van der Waals surface area contributed by atoms with Gasteiger partial charge in [0.25, 0.3) is 0 Å². The first-order chi connectivity index (χ1) is 13.5. The van der Waals surface area contributed by atoms with E-state index in [2.05, 4.69) is 0 Å². The Morgan fingerprint density at radius 1 is 1.04 bits per heavy atom. The van der Waals surface area contributed by atoms with Crippen molar-refractivity contribution in [2.24, 2.45) is 0 Å². The third-order valence-corrected chi connectivity index (χ3v) is 5.80. The molecule has 0 atom stereocenters. The van der Waals surface area contributed by atoms with Gasteiger partial charge in [0, 0.05) is 0 Å². The summed E-state index contributed by atoms with van der Waals surface area (Å²) >= 11 is 0. The summed E-state index contributed by atoms with van der Waals surface area (Å²) in [6.45, 7) is 4.00. The molecule has 0 aromatic heterocycles. The van der Waals surface area contributed by atoms with Crippen molar-refractivity contribution in [3.8, 4) is 5.75 Å². The van der Waals surface area contributed by atoms with Crippen LogP contribution in [0.2, 0.25) is 0 Å². The number of carboxylic acids is 1. The van der Waals surface area contributed by atoms with E-state index in [0.717, 1.165) is 18.6 Å². The van der Waals surface area contributed by atoms with Crippen LogP contribution in [-0.4, -0.2) is 19.5 Å². The molecule has 5 nitrogen and oxygen atoms in total. The first-order valence-corrected chi connectivity index (χ1v) is 10.6. The van der Waals surface area contributed by atoms with Crippen LogP contribution >= 0.6 is 0 Å². The fraction of sp³-hybridized carbons (Fsp3) is 0.227. The van der Waals surface area contributed by atoms with Crippen LogP contribution in [0.1, 0.15) is 32.3 Å². The third-order valence-electron chi connectivity index (χ3n) is 3.93. The minimum absolute atomic E-state index is 0.00832. The molecule has 0 unspecified atom stereocenters. The first-order valence-electron chi connectivity index (χ1n) is 9.16. The average molecular weight is 400 g/mol. The maximum Gasteiger partial charge on any atom is 0.307 e. The molecule has 2 aromatic rings. The summed E-state index contributed by atoms with van der Waals surface area (Å²) in [4.78, 5) is 11.1. The molecular formula is C22H24O5S. The minimum atomic E-state index is -3.81. The second-order valence-corrected chi connectivity index (χ2v) is 7.76. The maximum absolute atomic E-state index is 12.9. The summed E-state index contributed by atoms with van der Waals surface area (Å²) in [6, 6.07) is 12.3. The molecule has 28 heavy (non-hydrogen) atoms. The maximum atomic E-state index is 12.9. The predicted octanol–water partition coefficient (Wildman–Crippen LogP) is 4.79. The molecule has 0 fully saturated rings. The number of ether oxygens (including phenoxy) is 1. The van der Waals surface area contributed by atoms with Gasteiger partial charge in [-0.1, -0.05) is 38.1 Å². The lowest BCUT2D eigenvalue weighted by Crippen LogP contribution is -2.09. The molecule has 2 aromatic carbocycles. The molecule has 0 radical (unpaired) electrons. The number of sulfone groups is 1. The molecule has 1 aliphatic carbocycles. The van der Waals surface area contributed by atoms with Gasteiger partial charge in [0.2, 0.25) is 9.84 Å². The smallest absolute Gasteiger partial charge is 0.307 e. The zero-order chi connectivity index (χ0) is 20.6. The van der Waals surface area contributed by atoms with Gasteiger partial charge in [0.05, 0.1) is 16.2 Å². The van der Waals surface area contributed by atoms with E-state index in [1.165, 1.54) is 24.3 Å². The van der Waals surface area contributed by atoms with Crippen molar-refractivity contribution in [1.82, 2.24) is 0 Å². The van der Waals surface area contributed by atoms with Crippen LogP contribution in [0, 0.1) is 0 Å². The Morgan fingerprint density at radius 2 is 1.71 bits per heavy atom. The van der Waals surface area contributed by atoms with E-state index < -0.39 is 15.8 Å². The van der Waals surface area contributed by atoms with E-state index in [-0.39, 0.29) is 21.8 Å². The lowest BCUT2D eigenvalue weighted by molar-refractivity contribution is -0.136. The van der Waals surface area contributed by atoms with E-state index in [4.69, 9.17) is 9.84 Å². The van der Waals surface area contributed by atoms with E-state index in [1.807, 2.05) is 32.1 Å². The molecule has 0 saturated heterocycles. The summed E-state index contributed by atoms with van der Waals surface area (Å²) in [5.41, 5.74) is 0.262. The van der Waals surface area contributed by atoms with Crippen molar-refractivity contribution in [1.29, 1.82) is 0 Å². The Hall–Kier alpha value is -2.86. The predicted molar refractivity (Wildman–Crippen MR) is 108 cm³/mol. The lowest BCUT2D eigenvalue weighted by atomic mass is 10.1. The molecule has 0 saturated carbocycles. The number of allylic oxidation sites excluding steroid dienone is 3. The number of hydrogen-bond donors (Lipinski definition) is 1. The lowest BCUT2D eigenvalue weighted by Gasteiger charge is -2.11. The molecule has 0 aliphatic heterocycles. The first kappa shape index (κ1) is 21.4. The average Bonchev–Trinajstić information content (AvgIpc) is 2.70. The summed E-state index contributed by atoms with van der Waals surface area (Å²) < 4.78 is 31.5. The Kier molecular flexibility index (Phi) is 7.58. The third kappa shape index (κ3) is 5.33. The normalized spacial score (nSPS) is 13.1. The second-order valence-electron chi connectivity index (χ2n) is 5.84. The van der Waals surface area contributed by atoms with Crippen LogP contribution in [0.4, 0.5) is 0 Å². The van der Waals surface area contributed by atoms with Crippen LogP contribution in [0.5, 0.6) is 5.75 Å². The summed E-state index contributed by atoms with van der Waals surface area (Å²) in [6.07, 6.45) is 7.44. The van der Waals surface area contributed by atoms with Crippen molar-refractivity contribution >= 4 is 15.8 Å². The second kappa shape index (κ2) is 9.90. The van der Waals surface area contributed by atoms with Gasteiger partial charge in [0.1, 0.15) is 11.5 Å². The molecule has 0 bridgehead atoms. The van der Waals surface area contributed by atoms with Gasteiger partial charge in [-0.3, -0.25) is 4.79 Å². The zero-order valence-corrected chi connectivity index (χ0v) is 16.8. The summed E-state index contributed by atoms with van der Waals surface area (Å²) in [5, 5.41) is 9.00. The molecule has 148 valence electrons. The molecule has 1 N–H and O–H groups in total. The van der Waals surface area contributed by atoms with E-state index >= 15 is 0 Å². The van der Waals surface area contributed by atoms with E-state index in [1.54, 1.807) is 24.3 Å². The number of carboxylic acid groups (broad SMARTS) is 1. The Bertz CT molecular complexity index is 970. The van der Waals surface area contributed by atoms with Gasteiger partial charge in [-0.25, -0.2) is 8.42 Å². The SMILES string of the molecule is CC.O=C(O)Cc1ccccc1S(=O)(=O)c1ccc(OC2=CCCC=C2)cc1. The van der Waals surface area contributed by atoms with Crippen LogP contribution in [0.3, 0.4) is 0 Å². The highest BCUT2D eigenvalue weighted by Crippen LogP contribution is 2.27. The molecule has 0 heterocycles. The van der Waals surface area contributed by atoms with Crippen molar-refractivity contribution < 1.29 is 23.1 Å². The number of hydrogen-bond acceptors (Lipinski definition) is 4. The summed E-state index contributed by atoms with van der Waals surface area (Å²) in [5.74, 6) is 0.199. The Morgan fingerprint density at radius 3 is 2.32 bits per heavy atom. The zero-order valence-electron chi connectivity index (χ0n) is 16.0. The fourth-order valence-corrected chi connectivity index (χ4v) is 4.18. The van der Waals surface area contributed by atoms with Gasteiger partial charge < -0.3 is 9.84 Å². The standard InChI is InChI=1S/C20H18O5S.C2H6/c21-20(22)14-15-6-4-5-9-19(15)26(23,24)18-12-10-17(11-13-18)25-16-7-2-1-3-8-16;1-2/h2,4-13H,1,3,14H2,(H,21,22);1-2H3. The highest BCUT2D eigenvalue weighted by Gasteiger charge is 2.22. The molecule has 1 aliphatic rings. The monoisotopic (exact) mass is 400 g/mol. The molecule has 0 amide bonds. The number of benzene rings is 2. The van der Waals surface area contributed by atoms with Crippen LogP contribution in [0.25, 0.3) is 0 Å². The number of aliphatic carboxylic acids is 1. The van der Waals surface area contributed by atoms with Gasteiger partial charge in [0.15, 0.2) is 0 Å². The quantitative estimate of drug-likeness (QED) is 0.754. The molecular weight excluding hydrogens is 376 g/mol. The van der Waals surface area contributed by atoms with Crippen molar-refractivity contribution in [2.45, 2.75) is 42.9 Å². The highest BCUT2D eigenvalue weighted by molar-refractivity contribution is 7.91. The van der Waals surface area contributed by atoms with Gasteiger partial charge in [-0.15, -0.1) is 0 Å². The van der Waals surface area contributed by atoms with Gasteiger partial charge in [-0.2, -0.15) is 0 Å². The van der Waals surface area contributed by atoms with Crippen molar-refractivity contribution in [3.05, 3.63) is 78.1 Å². The van der Waals surface area contributed by atoms with Gasteiger partial charge >= 0.3 is 5.97 Å². The molecule has 0 spiro atoms. The minimum Gasteiger partial charge on any atom is -0.481 e. The number of rotatable bonds is 6. The van der Waals surface area contributed by atoms with Gasteiger partial charge in [-0.05, 0) is 60.9 Å². The number of carbonyl (C=O) groups is 1. The van der Waals surface area contributed by atoms with Crippen LogP contribution < -0.4 is 4.74 Å². The Balaban J connectivity index is 0.00000136. The van der Waals surface area contributed by atoms with E-state index in [0.29, 0.717) is 5.75 Å². The van der Waals surface area contributed by atoms with Crippen molar-refractivity contribution in [2.75, 3.05) is 0 Å². The van der Waals surface area contributed by atoms with Crippen LogP contribution in [0.15, 0.2) is 82.3 Å². The topological polar surface area (TPSA) is 80.7 Å². The molecule has 6 heteroatoms. The highest BCUT2D eigenvalue weighted by atomic mass is 32.2. The van der Waals surface area contributed by atoms with E-state index in [9.17, 15) is 13.2 Å². The fourth-order valence-electron chi connectivity index (χ4n) is 2.69. The largest absolute Gasteiger partial charge is 0.481 e. The molecule has 3 rings (SSSR count). The van der Waals surface area contributed by atoms with Crippen LogP contribution in [-0.2, 0) is 21.1 Å². The Labute approximate surface area is 165 Å². The summed E-state index contributed by atoms with van der Waals surface area (Å²) in [7, 11) is -3.81. The van der Waals surface area contributed by atoms with Crippen molar-refractivity contribution in [3.63, 3.8) is 0 Å².